The lowest BCUT2D eigenvalue weighted by Crippen LogP contribution is -2.12. The zero-order valence-electron chi connectivity index (χ0n) is 9.51. The van der Waals surface area contributed by atoms with Gasteiger partial charge >= 0.3 is 0 Å². The molecule has 0 fully saturated rings. The van der Waals surface area contributed by atoms with E-state index in [0.717, 1.165) is 25.4 Å². The van der Waals surface area contributed by atoms with Gasteiger partial charge in [0, 0.05) is 6.61 Å². The molecule has 0 bridgehead atoms. The Bertz CT molecular complexity index is 97.3. The van der Waals surface area contributed by atoms with Crippen LogP contribution in [0.2, 0.25) is 0 Å². The van der Waals surface area contributed by atoms with Crippen molar-refractivity contribution in [1.82, 2.24) is 0 Å². The van der Waals surface area contributed by atoms with Crippen LogP contribution in [-0.2, 0) is 4.74 Å². The number of ether oxygens (including phenoxy) is 1. The minimum Gasteiger partial charge on any atom is -0.378 e. The standard InChI is InChI=1S/C12H25O/c1-5-8-11(4)9-10-13-12(6-2)7-3/h11-12H,2,5-10H2,1,3-4H3. The van der Waals surface area contributed by atoms with Crippen LogP contribution in [0, 0.1) is 12.8 Å². The third-order valence-corrected chi connectivity index (χ3v) is 2.52. The van der Waals surface area contributed by atoms with Crippen molar-refractivity contribution < 1.29 is 4.74 Å². The summed E-state index contributed by atoms with van der Waals surface area (Å²) in [6, 6.07) is 0. The molecule has 0 saturated heterocycles. The Morgan fingerprint density at radius 1 is 1.23 bits per heavy atom. The first kappa shape index (κ1) is 13.0. The first-order valence-corrected chi connectivity index (χ1v) is 5.65. The molecule has 79 valence electrons. The van der Waals surface area contributed by atoms with E-state index in [4.69, 9.17) is 4.74 Å². The van der Waals surface area contributed by atoms with E-state index in [9.17, 15) is 0 Å². The third-order valence-electron chi connectivity index (χ3n) is 2.52. The van der Waals surface area contributed by atoms with Crippen molar-refractivity contribution in [3.05, 3.63) is 6.92 Å². The molecule has 0 saturated carbocycles. The van der Waals surface area contributed by atoms with Crippen LogP contribution in [0.15, 0.2) is 0 Å². The Kier molecular flexibility index (Phi) is 8.53. The van der Waals surface area contributed by atoms with Crippen LogP contribution in [0.25, 0.3) is 0 Å². The second kappa shape index (κ2) is 8.55. The van der Waals surface area contributed by atoms with E-state index < -0.39 is 0 Å². The molecule has 0 aromatic heterocycles. The van der Waals surface area contributed by atoms with Crippen LogP contribution in [0.4, 0.5) is 0 Å². The fraction of sp³-hybridized carbons (Fsp3) is 0.917. The van der Waals surface area contributed by atoms with Crippen molar-refractivity contribution >= 4 is 0 Å². The van der Waals surface area contributed by atoms with Gasteiger partial charge in [-0.1, -0.05) is 40.5 Å². The van der Waals surface area contributed by atoms with E-state index >= 15 is 0 Å². The Hall–Kier alpha value is -0.0400. The minimum absolute atomic E-state index is 0.383. The average molecular weight is 185 g/mol. The maximum Gasteiger partial charge on any atom is 0.0572 e. The highest BCUT2D eigenvalue weighted by Crippen LogP contribution is 2.11. The van der Waals surface area contributed by atoms with Gasteiger partial charge in [-0.05, 0) is 25.2 Å². The lowest BCUT2D eigenvalue weighted by atomic mass is 10.0. The van der Waals surface area contributed by atoms with Crippen LogP contribution >= 0.6 is 0 Å². The van der Waals surface area contributed by atoms with Gasteiger partial charge in [0.1, 0.15) is 0 Å². The van der Waals surface area contributed by atoms with Crippen molar-refractivity contribution in [2.75, 3.05) is 6.61 Å². The highest BCUT2D eigenvalue weighted by atomic mass is 16.5. The largest absolute Gasteiger partial charge is 0.378 e. The summed E-state index contributed by atoms with van der Waals surface area (Å²) < 4.78 is 5.69. The highest BCUT2D eigenvalue weighted by Gasteiger charge is 2.05. The fourth-order valence-electron chi connectivity index (χ4n) is 1.48. The Balaban J connectivity index is 3.32. The normalized spacial score (nSPS) is 13.6. The number of hydrogen-bond acceptors (Lipinski definition) is 1. The molecule has 2 atom stereocenters. The molecule has 0 aromatic carbocycles. The van der Waals surface area contributed by atoms with Gasteiger partial charge in [-0.25, -0.2) is 0 Å². The van der Waals surface area contributed by atoms with Crippen molar-refractivity contribution in [2.45, 2.75) is 59.0 Å². The molecule has 0 spiro atoms. The van der Waals surface area contributed by atoms with Gasteiger partial charge in [-0.3, -0.25) is 0 Å². The van der Waals surface area contributed by atoms with Crippen LogP contribution < -0.4 is 0 Å². The topological polar surface area (TPSA) is 9.23 Å². The van der Waals surface area contributed by atoms with Crippen molar-refractivity contribution in [3.63, 3.8) is 0 Å². The summed E-state index contributed by atoms with van der Waals surface area (Å²) in [5, 5.41) is 0. The lowest BCUT2D eigenvalue weighted by Gasteiger charge is -2.15. The Morgan fingerprint density at radius 2 is 1.92 bits per heavy atom. The molecular formula is C12H25O. The smallest absolute Gasteiger partial charge is 0.0572 e. The van der Waals surface area contributed by atoms with Gasteiger partial charge < -0.3 is 4.74 Å². The minimum atomic E-state index is 0.383. The summed E-state index contributed by atoms with van der Waals surface area (Å²) in [5.41, 5.74) is 0. The summed E-state index contributed by atoms with van der Waals surface area (Å²) in [6.45, 7) is 11.5. The molecule has 0 heterocycles. The fourth-order valence-corrected chi connectivity index (χ4v) is 1.48. The van der Waals surface area contributed by atoms with Crippen LogP contribution in [0.3, 0.4) is 0 Å². The zero-order valence-corrected chi connectivity index (χ0v) is 9.51. The monoisotopic (exact) mass is 185 g/mol. The van der Waals surface area contributed by atoms with Crippen molar-refractivity contribution in [3.8, 4) is 0 Å². The second-order valence-electron chi connectivity index (χ2n) is 3.87. The summed E-state index contributed by atoms with van der Waals surface area (Å²) in [5.74, 6) is 0.812. The van der Waals surface area contributed by atoms with E-state index in [1.165, 1.54) is 19.3 Å². The zero-order chi connectivity index (χ0) is 10.1. The molecule has 1 radical (unpaired) electrons. The van der Waals surface area contributed by atoms with Crippen LogP contribution in [0.1, 0.15) is 52.9 Å². The molecule has 13 heavy (non-hydrogen) atoms. The molecule has 1 heteroatoms. The van der Waals surface area contributed by atoms with E-state index in [1.54, 1.807) is 0 Å². The highest BCUT2D eigenvalue weighted by molar-refractivity contribution is 4.58. The average Bonchev–Trinajstić information content (AvgIpc) is 2.13. The second-order valence-corrected chi connectivity index (χ2v) is 3.87. The molecule has 0 N–H and O–H groups in total. The molecule has 1 nitrogen and oxygen atoms in total. The molecule has 0 amide bonds. The predicted molar refractivity (Wildman–Crippen MR) is 58.7 cm³/mol. The van der Waals surface area contributed by atoms with E-state index in [-0.39, 0.29) is 0 Å². The van der Waals surface area contributed by atoms with Crippen LogP contribution in [-0.4, -0.2) is 12.7 Å². The van der Waals surface area contributed by atoms with Crippen molar-refractivity contribution in [2.24, 2.45) is 5.92 Å². The van der Waals surface area contributed by atoms with Gasteiger partial charge in [0.15, 0.2) is 0 Å². The van der Waals surface area contributed by atoms with E-state index in [0.29, 0.717) is 6.10 Å². The molecule has 0 rings (SSSR count). The summed E-state index contributed by atoms with van der Waals surface area (Å²) >= 11 is 0. The third kappa shape index (κ3) is 7.06. The van der Waals surface area contributed by atoms with Gasteiger partial charge in [-0.2, -0.15) is 0 Å². The van der Waals surface area contributed by atoms with E-state index in [2.05, 4.69) is 27.7 Å². The molecule has 0 aromatic rings. The van der Waals surface area contributed by atoms with Gasteiger partial charge in [0.2, 0.25) is 0 Å². The quantitative estimate of drug-likeness (QED) is 0.558. The number of hydrogen-bond donors (Lipinski definition) is 0. The lowest BCUT2D eigenvalue weighted by molar-refractivity contribution is 0.0442. The molecule has 0 aliphatic heterocycles. The SMILES string of the molecule is [CH2]CC(CC)OCCC(C)CCC. The summed E-state index contributed by atoms with van der Waals surface area (Å²) in [4.78, 5) is 0. The predicted octanol–water partition coefficient (Wildman–Crippen LogP) is 3.83. The van der Waals surface area contributed by atoms with Crippen molar-refractivity contribution in [1.29, 1.82) is 0 Å². The first-order chi connectivity index (χ1) is 6.24. The first-order valence-electron chi connectivity index (χ1n) is 5.65. The summed E-state index contributed by atoms with van der Waals surface area (Å²) in [6.07, 6.45) is 6.18. The van der Waals surface area contributed by atoms with Gasteiger partial charge in [0.05, 0.1) is 6.10 Å². The Morgan fingerprint density at radius 3 is 2.38 bits per heavy atom. The number of rotatable bonds is 8. The van der Waals surface area contributed by atoms with E-state index in [1.807, 2.05) is 0 Å². The maximum absolute atomic E-state index is 5.69. The summed E-state index contributed by atoms with van der Waals surface area (Å²) in [7, 11) is 0. The molecule has 0 aliphatic rings. The van der Waals surface area contributed by atoms with Gasteiger partial charge in [0.25, 0.3) is 0 Å². The Labute approximate surface area is 83.9 Å². The molecule has 0 aliphatic carbocycles. The van der Waals surface area contributed by atoms with Gasteiger partial charge in [-0.15, -0.1) is 0 Å². The molecule has 2 unspecified atom stereocenters. The molecular weight excluding hydrogens is 160 g/mol. The van der Waals surface area contributed by atoms with Crippen LogP contribution in [0.5, 0.6) is 0 Å². The maximum atomic E-state index is 5.69.